The van der Waals surface area contributed by atoms with Crippen LogP contribution in [0.25, 0.3) is 22.0 Å². The van der Waals surface area contributed by atoms with Crippen molar-refractivity contribution in [2.75, 3.05) is 0 Å². The minimum absolute atomic E-state index is 0.0460. The number of nitrogens with zero attached hydrogens (tertiary/aromatic N) is 2. The third-order valence-electron chi connectivity index (χ3n) is 7.85. The van der Waals surface area contributed by atoms with Crippen molar-refractivity contribution < 1.29 is 12.9 Å². The minimum atomic E-state index is -3.70. The highest BCUT2D eigenvalue weighted by Gasteiger charge is 2.62. The van der Waals surface area contributed by atoms with E-state index in [1.54, 1.807) is 18.3 Å². The lowest BCUT2D eigenvalue weighted by Crippen LogP contribution is -2.32. The summed E-state index contributed by atoms with van der Waals surface area (Å²) in [5.41, 5.74) is 3.69. The van der Waals surface area contributed by atoms with Crippen LogP contribution in [0.3, 0.4) is 0 Å². The molecule has 0 radical (unpaired) electrons. The van der Waals surface area contributed by atoms with Crippen LogP contribution in [-0.4, -0.2) is 24.6 Å². The lowest BCUT2D eigenvalue weighted by Gasteiger charge is -2.30. The first-order valence-corrected chi connectivity index (χ1v) is 12.6. The van der Waals surface area contributed by atoms with E-state index in [1.807, 2.05) is 26.0 Å². The number of nitrogens with one attached hydrogen (secondary N) is 1. The van der Waals surface area contributed by atoms with E-state index in [1.165, 1.54) is 32.1 Å². The summed E-state index contributed by atoms with van der Waals surface area (Å²) in [4.78, 5) is 4.73. The molecule has 162 valence electrons. The molecule has 1 aromatic carbocycles. The largest absolute Gasteiger partial charge is 0.361 e. The van der Waals surface area contributed by atoms with Crippen LogP contribution in [0.2, 0.25) is 0 Å². The second-order valence-corrected chi connectivity index (χ2v) is 11.7. The van der Waals surface area contributed by atoms with Crippen LogP contribution in [0.5, 0.6) is 0 Å². The molecular formula is C24H27N3O3S. The number of sulfonamides is 1. The van der Waals surface area contributed by atoms with Crippen LogP contribution in [0, 0.1) is 24.7 Å². The third-order valence-corrected chi connectivity index (χ3v) is 9.36. The Kier molecular flexibility index (Phi) is 4.01. The average Bonchev–Trinajstić information content (AvgIpc) is 3.60. The van der Waals surface area contributed by atoms with Crippen molar-refractivity contribution in [2.24, 2.45) is 10.8 Å². The standard InChI is InChI=1S/C24H27N3O3S/c1-15-22(16(2)30-26-15)17-11-19-18(5-3-10-25-19)20(12-17)31(28,29)27-21-13-24(21)7-4-6-23(14-24)8-9-23/h3,5,10-12,21,27H,4,6-9,13-14H2,1-2H3. The Morgan fingerprint density at radius 3 is 2.74 bits per heavy atom. The van der Waals surface area contributed by atoms with Crippen molar-refractivity contribution in [1.29, 1.82) is 0 Å². The second kappa shape index (κ2) is 6.39. The van der Waals surface area contributed by atoms with Gasteiger partial charge >= 0.3 is 0 Å². The van der Waals surface area contributed by atoms with E-state index in [-0.39, 0.29) is 16.4 Å². The molecule has 3 fully saturated rings. The van der Waals surface area contributed by atoms with Crippen molar-refractivity contribution in [3.8, 4) is 11.1 Å². The van der Waals surface area contributed by atoms with Gasteiger partial charge in [0.1, 0.15) is 5.76 Å². The fourth-order valence-electron chi connectivity index (χ4n) is 5.99. The molecule has 6 rings (SSSR count). The first kappa shape index (κ1) is 19.4. The highest BCUT2D eigenvalue weighted by atomic mass is 32.2. The van der Waals surface area contributed by atoms with E-state index in [0.29, 0.717) is 22.1 Å². The monoisotopic (exact) mass is 437 g/mol. The molecule has 2 aromatic heterocycles. The summed E-state index contributed by atoms with van der Waals surface area (Å²) in [6.45, 7) is 3.71. The van der Waals surface area contributed by atoms with E-state index in [4.69, 9.17) is 4.52 Å². The molecule has 6 nitrogen and oxygen atoms in total. The number of benzene rings is 1. The summed E-state index contributed by atoms with van der Waals surface area (Å²) in [7, 11) is -3.70. The van der Waals surface area contributed by atoms with Gasteiger partial charge in [-0.1, -0.05) is 11.6 Å². The number of hydrogen-bond donors (Lipinski definition) is 1. The quantitative estimate of drug-likeness (QED) is 0.628. The second-order valence-electron chi connectivity index (χ2n) is 10.0. The smallest absolute Gasteiger partial charge is 0.241 e. The molecule has 2 heterocycles. The maximum absolute atomic E-state index is 13.6. The van der Waals surface area contributed by atoms with Crippen molar-refractivity contribution in [1.82, 2.24) is 14.9 Å². The molecule has 2 atom stereocenters. The summed E-state index contributed by atoms with van der Waals surface area (Å²) in [5, 5.41) is 4.68. The van der Waals surface area contributed by atoms with Gasteiger partial charge in [-0.15, -0.1) is 0 Å². The molecule has 31 heavy (non-hydrogen) atoms. The van der Waals surface area contributed by atoms with E-state index in [0.717, 1.165) is 29.7 Å². The molecule has 2 spiro atoms. The lowest BCUT2D eigenvalue weighted by molar-refractivity contribution is 0.220. The van der Waals surface area contributed by atoms with Gasteiger partial charge in [0, 0.05) is 23.2 Å². The Morgan fingerprint density at radius 1 is 1.16 bits per heavy atom. The molecule has 0 aliphatic heterocycles. The van der Waals surface area contributed by atoms with Gasteiger partial charge in [0.15, 0.2) is 0 Å². The number of aryl methyl sites for hydroxylation is 2. The summed E-state index contributed by atoms with van der Waals surface area (Å²) in [6.07, 6.45) is 10.2. The zero-order valence-corrected chi connectivity index (χ0v) is 18.8. The number of pyridine rings is 1. The molecule has 2 unspecified atom stereocenters. The van der Waals surface area contributed by atoms with Crippen LogP contribution in [0.4, 0.5) is 0 Å². The number of aromatic nitrogens is 2. The number of fused-ring (bicyclic) bond motifs is 1. The molecule has 7 heteroatoms. The average molecular weight is 438 g/mol. The van der Waals surface area contributed by atoms with Gasteiger partial charge in [-0.3, -0.25) is 4.98 Å². The fourth-order valence-corrected chi connectivity index (χ4v) is 7.57. The zero-order valence-electron chi connectivity index (χ0n) is 17.9. The van der Waals surface area contributed by atoms with Crippen LogP contribution in [-0.2, 0) is 10.0 Å². The molecule has 1 N–H and O–H groups in total. The van der Waals surface area contributed by atoms with Gasteiger partial charge in [0.05, 0.1) is 16.1 Å². The van der Waals surface area contributed by atoms with Gasteiger partial charge in [0.2, 0.25) is 10.0 Å². The third kappa shape index (κ3) is 3.12. The normalized spacial score (nSPS) is 26.6. The van der Waals surface area contributed by atoms with Crippen LogP contribution in [0.15, 0.2) is 39.9 Å². The molecular weight excluding hydrogens is 410 g/mol. The highest BCUT2D eigenvalue weighted by Crippen LogP contribution is 2.68. The maximum Gasteiger partial charge on any atom is 0.241 e. The topological polar surface area (TPSA) is 85.1 Å². The summed E-state index contributed by atoms with van der Waals surface area (Å²) in [5.74, 6) is 0.669. The van der Waals surface area contributed by atoms with Gasteiger partial charge < -0.3 is 4.52 Å². The SMILES string of the molecule is Cc1noc(C)c1-c1cc(S(=O)(=O)NC2CC23CCCC2(CC2)C3)c2cccnc2c1. The first-order valence-electron chi connectivity index (χ1n) is 11.2. The Hall–Kier alpha value is -2.25. The van der Waals surface area contributed by atoms with Gasteiger partial charge in [0.25, 0.3) is 0 Å². The predicted molar refractivity (Wildman–Crippen MR) is 118 cm³/mol. The van der Waals surface area contributed by atoms with Crippen molar-refractivity contribution in [3.05, 3.63) is 41.9 Å². The van der Waals surface area contributed by atoms with E-state index in [9.17, 15) is 8.42 Å². The maximum atomic E-state index is 13.6. The first-order chi connectivity index (χ1) is 14.8. The highest BCUT2D eigenvalue weighted by molar-refractivity contribution is 7.89. The van der Waals surface area contributed by atoms with Crippen LogP contribution >= 0.6 is 0 Å². The number of rotatable bonds is 4. The number of hydrogen-bond acceptors (Lipinski definition) is 5. The molecule has 0 amide bonds. The molecule has 3 aliphatic rings. The molecule has 0 bridgehead atoms. The minimum Gasteiger partial charge on any atom is -0.361 e. The molecule has 3 aromatic rings. The Morgan fingerprint density at radius 2 is 2.00 bits per heavy atom. The molecule has 3 aliphatic carbocycles. The Labute approximate surface area is 182 Å². The van der Waals surface area contributed by atoms with E-state index < -0.39 is 10.0 Å². The van der Waals surface area contributed by atoms with Gasteiger partial charge in [-0.2, -0.15) is 0 Å². The van der Waals surface area contributed by atoms with E-state index in [2.05, 4.69) is 14.9 Å². The fraction of sp³-hybridized carbons (Fsp3) is 0.500. The van der Waals surface area contributed by atoms with E-state index >= 15 is 0 Å². The summed E-state index contributed by atoms with van der Waals surface area (Å²) in [6, 6.07) is 7.32. The van der Waals surface area contributed by atoms with Crippen LogP contribution in [0.1, 0.15) is 56.4 Å². The lowest BCUT2D eigenvalue weighted by atomic mass is 9.76. The Balaban J connectivity index is 1.39. The zero-order chi connectivity index (χ0) is 21.4. The predicted octanol–water partition coefficient (Wildman–Crippen LogP) is 4.90. The van der Waals surface area contributed by atoms with Crippen LogP contribution < -0.4 is 4.72 Å². The summed E-state index contributed by atoms with van der Waals surface area (Å²) >= 11 is 0. The van der Waals surface area contributed by atoms with Gasteiger partial charge in [-0.05, 0) is 93.0 Å². The van der Waals surface area contributed by atoms with Crippen molar-refractivity contribution in [2.45, 2.75) is 69.7 Å². The molecule has 0 saturated heterocycles. The summed E-state index contributed by atoms with van der Waals surface area (Å²) < 4.78 is 35.6. The van der Waals surface area contributed by atoms with Crippen molar-refractivity contribution >= 4 is 20.9 Å². The molecule has 3 saturated carbocycles. The van der Waals surface area contributed by atoms with Crippen molar-refractivity contribution in [3.63, 3.8) is 0 Å². The van der Waals surface area contributed by atoms with Gasteiger partial charge in [-0.25, -0.2) is 13.1 Å². The Bertz CT molecular complexity index is 1290.